The number of methoxy groups -OCH3 is 1. The van der Waals surface area contributed by atoms with E-state index in [4.69, 9.17) is 24.7 Å². The first-order valence-electron chi connectivity index (χ1n) is 21.9. The molecule has 0 aromatic carbocycles. The number of hydrogen-bond acceptors (Lipinski definition) is 11. The number of carbonyl (C=O) groups excluding carboxylic acids is 1. The first-order chi connectivity index (χ1) is 26.5. The minimum absolute atomic E-state index is 0.00389. The van der Waals surface area contributed by atoms with Crippen molar-refractivity contribution in [1.82, 2.24) is 0 Å². The van der Waals surface area contributed by atoms with Gasteiger partial charge in [0.05, 0.1) is 61.9 Å². The Morgan fingerprint density at radius 2 is 1.73 bits per heavy atom. The molecule has 55 heavy (non-hydrogen) atoms. The fraction of sp³-hybridized carbons (Fsp3) is 0.929. The first-order valence-corrected chi connectivity index (χ1v) is 21.9. The van der Waals surface area contributed by atoms with Crippen LogP contribution in [-0.4, -0.2) is 121 Å². The summed E-state index contributed by atoms with van der Waals surface area (Å²) in [4.78, 5) is 13.3. The van der Waals surface area contributed by atoms with Crippen LogP contribution in [0.15, 0.2) is 12.2 Å². The number of aliphatic carboxylic acids is 1. The molecule has 0 bridgehead atoms. The van der Waals surface area contributed by atoms with Crippen LogP contribution in [0.5, 0.6) is 0 Å². The van der Waals surface area contributed by atoms with Crippen LogP contribution in [-0.2, 0) is 23.7 Å². The standard InChI is InChI=1S/C42H71N3O10/c1-24-21-41(12-3-4-13-41)42(30(8-9-31(42)40(50)51)26-11-14-44-38(43)18-26)37(45-24)22-53-36-17-27(16-35(52-2)39(36)49)33-20-28(47)19-29(55-33)7-5-25-6-10-32(48)34(15-25)54-23-46/h8-9,24-39,44-49H,3-7,10-23,43H2,1-2H3,(H,50,51)/p+1. The number of piperidine rings is 2. The average molecular weight is 779 g/mol. The molecule has 3 saturated heterocycles. The summed E-state index contributed by atoms with van der Waals surface area (Å²) in [7, 11) is 1.63. The van der Waals surface area contributed by atoms with Crippen molar-refractivity contribution in [3.8, 4) is 0 Å². The molecule has 3 heterocycles. The minimum atomic E-state index is -0.996. The number of carboxylic acids is 1. The van der Waals surface area contributed by atoms with E-state index in [0.717, 1.165) is 70.8 Å². The average Bonchev–Trinajstić information content (AvgIpc) is 3.80. The highest BCUT2D eigenvalue weighted by atomic mass is 16.6. The predicted octanol–water partition coefficient (Wildman–Crippen LogP) is -0.576. The molecular formula is C42H72N3O10+. The van der Waals surface area contributed by atoms with E-state index in [1.54, 1.807) is 7.11 Å². The normalized spacial score (nSPS) is 47.4. The lowest BCUT2D eigenvalue weighted by atomic mass is 9.45. The van der Waals surface area contributed by atoms with E-state index in [1.165, 1.54) is 0 Å². The van der Waals surface area contributed by atoms with Gasteiger partial charge in [0, 0.05) is 43.7 Å². The topological polar surface area (TPSA) is 217 Å². The van der Waals surface area contributed by atoms with Crippen LogP contribution in [0, 0.1) is 40.4 Å². The van der Waals surface area contributed by atoms with E-state index < -0.39 is 54.6 Å². The largest absolute Gasteiger partial charge is 0.549 e. The molecule has 2 spiro atoms. The Morgan fingerprint density at radius 1 is 0.945 bits per heavy atom. The third kappa shape index (κ3) is 8.46. The van der Waals surface area contributed by atoms with Gasteiger partial charge in [-0.3, -0.25) is 5.73 Å². The molecule has 7 aliphatic rings. The van der Waals surface area contributed by atoms with Crippen LogP contribution in [0.1, 0.15) is 110 Å². The maximum absolute atomic E-state index is 13.3. The van der Waals surface area contributed by atoms with Crippen molar-refractivity contribution in [1.29, 1.82) is 0 Å². The fourth-order valence-electron chi connectivity index (χ4n) is 13.7. The van der Waals surface area contributed by atoms with E-state index in [9.17, 15) is 30.3 Å². The molecule has 3 saturated carbocycles. The zero-order chi connectivity index (χ0) is 38.9. The van der Waals surface area contributed by atoms with E-state index in [0.29, 0.717) is 57.1 Å². The van der Waals surface area contributed by atoms with Gasteiger partial charge < -0.3 is 59.9 Å². The van der Waals surface area contributed by atoms with Crippen LogP contribution in [0.3, 0.4) is 0 Å². The zero-order valence-electron chi connectivity index (χ0n) is 33.3. The van der Waals surface area contributed by atoms with Crippen LogP contribution in [0.2, 0.25) is 0 Å². The lowest BCUT2D eigenvalue weighted by Crippen LogP contribution is -3.03. The molecule has 13 heteroatoms. The molecule has 314 valence electrons. The van der Waals surface area contributed by atoms with Crippen LogP contribution >= 0.6 is 0 Å². The molecule has 17 unspecified atom stereocenters. The number of rotatable bonds is 12. The second-order valence-corrected chi connectivity index (χ2v) is 19.0. The Balaban J connectivity index is 1.08. The summed E-state index contributed by atoms with van der Waals surface area (Å²) >= 11 is 0. The summed E-state index contributed by atoms with van der Waals surface area (Å²) < 4.78 is 25.0. The van der Waals surface area contributed by atoms with E-state index in [-0.39, 0.29) is 53.7 Å². The van der Waals surface area contributed by atoms with Gasteiger partial charge in [0.15, 0.2) is 0 Å². The van der Waals surface area contributed by atoms with Gasteiger partial charge in [0.1, 0.15) is 25.1 Å². The number of allylic oxidation sites excluding steroid dienone is 1. The Labute approximate surface area is 327 Å². The van der Waals surface area contributed by atoms with Crippen molar-refractivity contribution in [3.05, 3.63) is 12.2 Å². The molecule has 6 fully saturated rings. The number of hydrogen-bond donors (Lipinski definition) is 7. The first kappa shape index (κ1) is 41.9. The lowest BCUT2D eigenvalue weighted by molar-refractivity contribution is -0.754. The van der Waals surface area contributed by atoms with Gasteiger partial charge in [0.2, 0.25) is 0 Å². The van der Waals surface area contributed by atoms with Crippen LogP contribution < -0.4 is 21.5 Å². The van der Waals surface area contributed by atoms with Gasteiger partial charge in [-0.15, -0.1) is 0 Å². The summed E-state index contributed by atoms with van der Waals surface area (Å²) in [6, 6.07) is 0.160. The minimum Gasteiger partial charge on any atom is -0.549 e. The predicted molar refractivity (Wildman–Crippen MR) is 199 cm³/mol. The van der Waals surface area contributed by atoms with Gasteiger partial charge in [-0.25, -0.2) is 0 Å². The molecule has 10 N–H and O–H groups in total. The molecule has 7 rings (SSSR count). The van der Waals surface area contributed by atoms with Crippen LogP contribution in [0.25, 0.3) is 0 Å². The van der Waals surface area contributed by atoms with Crippen molar-refractivity contribution in [2.24, 2.45) is 46.2 Å². The number of carboxylic acid groups (broad SMARTS) is 1. The second-order valence-electron chi connectivity index (χ2n) is 19.0. The second kappa shape index (κ2) is 17.9. The Morgan fingerprint density at radius 3 is 2.45 bits per heavy atom. The highest BCUT2D eigenvalue weighted by Gasteiger charge is 2.70. The quantitative estimate of drug-likeness (QED) is 0.0983. The van der Waals surface area contributed by atoms with Gasteiger partial charge in [-0.2, -0.15) is 0 Å². The Kier molecular flexibility index (Phi) is 13.7. The van der Waals surface area contributed by atoms with E-state index in [2.05, 4.69) is 23.6 Å². The van der Waals surface area contributed by atoms with Crippen LogP contribution in [0.4, 0.5) is 0 Å². The van der Waals surface area contributed by atoms with Crippen molar-refractivity contribution in [2.75, 3.05) is 27.1 Å². The van der Waals surface area contributed by atoms with Gasteiger partial charge in [-0.05, 0) is 107 Å². The molecule has 13 nitrogen and oxygen atoms in total. The molecule has 0 aromatic rings. The van der Waals surface area contributed by atoms with Gasteiger partial charge in [-0.1, -0.05) is 25.0 Å². The number of aliphatic hydroxyl groups is 4. The monoisotopic (exact) mass is 779 g/mol. The van der Waals surface area contributed by atoms with E-state index in [1.807, 2.05) is 6.08 Å². The lowest BCUT2D eigenvalue weighted by Gasteiger charge is -2.61. The Bertz CT molecular complexity index is 1300. The number of carbonyl (C=O) groups is 1. The smallest absolute Gasteiger partial charge is 0.144 e. The molecule has 3 aliphatic heterocycles. The molecule has 0 aromatic heterocycles. The molecule has 0 radical (unpaired) electrons. The number of aliphatic hydroxyl groups excluding tert-OH is 4. The summed E-state index contributed by atoms with van der Waals surface area (Å²) in [6.07, 6.45) is 13.8. The van der Waals surface area contributed by atoms with Gasteiger partial charge in [0.25, 0.3) is 0 Å². The maximum atomic E-state index is 13.3. The summed E-state index contributed by atoms with van der Waals surface area (Å²) in [5.41, 5.74) is 5.81. The SMILES string of the molecule is COC1CC(C2CC(O)CC(CCC3CCC(O)C(OCO)C3)O2)CC(OCC2[NH2+]C(C)CC3(CCCC3)C23C(C(=O)[O-])C=CC3C2CC[NH2+]C(N)C2)C1O. The Hall–Kier alpha value is -1.23. The number of fused-ring (bicyclic) bond motifs is 1. The summed E-state index contributed by atoms with van der Waals surface area (Å²) in [5.74, 6) is -1.01. The van der Waals surface area contributed by atoms with Gasteiger partial charge >= 0.3 is 0 Å². The van der Waals surface area contributed by atoms with Crippen molar-refractivity contribution < 1.29 is 59.9 Å². The third-order valence-electron chi connectivity index (χ3n) is 15.9. The van der Waals surface area contributed by atoms with Crippen molar-refractivity contribution in [3.63, 3.8) is 0 Å². The zero-order valence-corrected chi connectivity index (χ0v) is 33.3. The number of nitrogens with two attached hydrogens (primary N) is 3. The van der Waals surface area contributed by atoms with E-state index >= 15 is 0 Å². The third-order valence-corrected chi connectivity index (χ3v) is 15.9. The summed E-state index contributed by atoms with van der Waals surface area (Å²) in [6.45, 7) is 3.12. The molecule has 17 atom stereocenters. The van der Waals surface area contributed by atoms with Crippen molar-refractivity contribution >= 4 is 5.97 Å². The number of ether oxygens (including phenoxy) is 4. The highest BCUT2D eigenvalue weighted by molar-refractivity contribution is 5.73. The molecule has 4 aliphatic carbocycles. The number of quaternary nitrogens is 2. The maximum Gasteiger partial charge on any atom is 0.144 e. The highest BCUT2D eigenvalue weighted by Crippen LogP contribution is 2.67. The molecule has 0 amide bonds. The van der Waals surface area contributed by atoms with Crippen molar-refractivity contribution in [2.45, 2.75) is 177 Å². The fourth-order valence-corrected chi connectivity index (χ4v) is 13.7. The summed E-state index contributed by atoms with van der Waals surface area (Å²) in [5, 5.41) is 60.2. The molecular weight excluding hydrogens is 706 g/mol.